The Morgan fingerprint density at radius 3 is 2.18 bits per heavy atom. The number of ether oxygens (including phenoxy) is 3. The highest BCUT2D eigenvalue weighted by Gasteiger charge is 2.35. The van der Waals surface area contributed by atoms with E-state index in [1.54, 1.807) is 6.92 Å². The summed E-state index contributed by atoms with van der Waals surface area (Å²) in [7, 11) is -0.304. The molecule has 0 bridgehead atoms. The van der Waals surface area contributed by atoms with Gasteiger partial charge in [-0.25, -0.2) is 12.8 Å². The van der Waals surface area contributed by atoms with Crippen molar-refractivity contribution in [1.82, 2.24) is 10.2 Å². The Bertz CT molecular complexity index is 1620. The van der Waals surface area contributed by atoms with E-state index in [9.17, 15) is 22.4 Å². The van der Waals surface area contributed by atoms with Gasteiger partial charge in [-0.05, 0) is 67.8 Å². The lowest BCUT2D eigenvalue weighted by molar-refractivity contribution is -0.139. The van der Waals surface area contributed by atoms with Crippen LogP contribution in [0.4, 0.5) is 10.1 Å². The zero-order valence-electron chi connectivity index (χ0n) is 25.6. The summed E-state index contributed by atoms with van der Waals surface area (Å²) in [6, 6.07) is 13.0. The topological polar surface area (TPSA) is 114 Å². The van der Waals surface area contributed by atoms with Crippen LogP contribution in [-0.2, 0) is 26.2 Å². The van der Waals surface area contributed by atoms with E-state index in [0.717, 1.165) is 30.0 Å². The molecule has 13 heteroatoms. The Morgan fingerprint density at radius 2 is 1.56 bits per heavy atom. The van der Waals surface area contributed by atoms with Crippen molar-refractivity contribution >= 4 is 39.1 Å². The molecule has 0 aliphatic heterocycles. The molecule has 0 heterocycles. The molecule has 1 aliphatic rings. The van der Waals surface area contributed by atoms with Gasteiger partial charge in [-0.15, -0.1) is 0 Å². The Kier molecular flexibility index (Phi) is 11.2. The summed E-state index contributed by atoms with van der Waals surface area (Å²) >= 11 is 6.30. The molecule has 242 valence electrons. The van der Waals surface area contributed by atoms with Gasteiger partial charge in [-0.2, -0.15) is 0 Å². The number of carbonyl (C=O) groups is 2. The molecule has 3 aromatic carbocycles. The van der Waals surface area contributed by atoms with E-state index >= 15 is 0 Å². The second kappa shape index (κ2) is 14.8. The molecule has 45 heavy (non-hydrogen) atoms. The number of benzene rings is 3. The van der Waals surface area contributed by atoms with Crippen molar-refractivity contribution in [3.8, 4) is 17.2 Å². The third kappa shape index (κ3) is 7.98. The van der Waals surface area contributed by atoms with Crippen LogP contribution < -0.4 is 23.8 Å². The lowest BCUT2D eigenvalue weighted by atomic mass is 10.1. The molecule has 3 aromatic rings. The molecule has 4 rings (SSSR count). The van der Waals surface area contributed by atoms with E-state index in [1.165, 1.54) is 86.9 Å². The first kappa shape index (κ1) is 33.9. The maximum absolute atomic E-state index is 14.3. The molecule has 10 nitrogen and oxygen atoms in total. The van der Waals surface area contributed by atoms with Crippen LogP contribution in [0.2, 0.25) is 5.02 Å². The number of carbonyl (C=O) groups excluding carboxylic acids is 2. The minimum atomic E-state index is -4.47. The third-order valence-electron chi connectivity index (χ3n) is 7.77. The first-order valence-corrected chi connectivity index (χ1v) is 16.2. The molecule has 1 atom stereocenters. The fourth-order valence-corrected chi connectivity index (χ4v) is 6.84. The zero-order chi connectivity index (χ0) is 32.7. The fraction of sp³-hybridized carbons (Fsp3) is 0.375. The number of hydrogen-bond acceptors (Lipinski definition) is 7. The minimum Gasteiger partial charge on any atom is -0.495 e. The van der Waals surface area contributed by atoms with Crippen LogP contribution in [0, 0.1) is 5.82 Å². The summed E-state index contributed by atoms with van der Waals surface area (Å²) in [6.07, 6.45) is 3.69. The SMILES string of the molecule is COc1ccc(S(=O)(=O)N(CC(=O)N(Cc2ccc(F)cc2)C(C)C(=O)NC2CCCC2)c2cc(Cl)ccc2OC)cc1OC. The molecule has 0 radical (unpaired) electrons. The molecule has 1 saturated carbocycles. The molecular formula is C32H37ClFN3O7S. The van der Waals surface area contributed by atoms with Crippen LogP contribution in [0.25, 0.3) is 0 Å². The number of methoxy groups -OCH3 is 3. The van der Waals surface area contributed by atoms with Gasteiger partial charge in [-0.1, -0.05) is 36.6 Å². The number of halogens is 2. The van der Waals surface area contributed by atoms with Gasteiger partial charge < -0.3 is 24.4 Å². The molecule has 1 unspecified atom stereocenters. The first-order chi connectivity index (χ1) is 21.5. The highest BCUT2D eigenvalue weighted by molar-refractivity contribution is 7.92. The summed E-state index contributed by atoms with van der Waals surface area (Å²) in [6.45, 7) is 0.795. The average Bonchev–Trinajstić information content (AvgIpc) is 3.55. The van der Waals surface area contributed by atoms with Gasteiger partial charge in [0.25, 0.3) is 10.0 Å². The van der Waals surface area contributed by atoms with Crippen molar-refractivity contribution in [2.45, 2.75) is 56.1 Å². The van der Waals surface area contributed by atoms with Crippen molar-refractivity contribution in [3.63, 3.8) is 0 Å². The van der Waals surface area contributed by atoms with Crippen LogP contribution in [0.1, 0.15) is 38.2 Å². The number of amides is 2. The first-order valence-electron chi connectivity index (χ1n) is 14.4. The minimum absolute atomic E-state index is 0.000346. The fourth-order valence-electron chi connectivity index (χ4n) is 5.24. The number of hydrogen-bond donors (Lipinski definition) is 1. The van der Waals surface area contributed by atoms with Gasteiger partial charge in [0.05, 0.1) is 31.9 Å². The molecule has 1 N–H and O–H groups in total. The summed E-state index contributed by atoms with van der Waals surface area (Å²) in [5.41, 5.74) is 0.567. The summed E-state index contributed by atoms with van der Waals surface area (Å²) in [5.74, 6) is -0.881. The van der Waals surface area contributed by atoms with E-state index in [1.807, 2.05) is 0 Å². The Balaban J connectivity index is 1.77. The second-order valence-electron chi connectivity index (χ2n) is 10.7. The Hall–Kier alpha value is -4.03. The Labute approximate surface area is 268 Å². The summed E-state index contributed by atoms with van der Waals surface area (Å²) in [5, 5.41) is 3.22. The molecule has 1 fully saturated rings. The van der Waals surface area contributed by atoms with E-state index < -0.39 is 34.3 Å². The second-order valence-corrected chi connectivity index (χ2v) is 13.0. The van der Waals surface area contributed by atoms with E-state index in [0.29, 0.717) is 11.3 Å². The average molecular weight is 662 g/mol. The Morgan fingerprint density at radius 1 is 0.933 bits per heavy atom. The summed E-state index contributed by atoms with van der Waals surface area (Å²) in [4.78, 5) is 28.7. The highest BCUT2D eigenvalue weighted by atomic mass is 35.5. The maximum atomic E-state index is 14.3. The van der Waals surface area contributed by atoms with E-state index in [-0.39, 0.29) is 45.6 Å². The zero-order valence-corrected chi connectivity index (χ0v) is 27.2. The number of sulfonamides is 1. The number of rotatable bonds is 13. The molecule has 2 amide bonds. The molecule has 0 saturated heterocycles. The summed E-state index contributed by atoms with van der Waals surface area (Å²) < 4.78 is 59.3. The maximum Gasteiger partial charge on any atom is 0.265 e. The smallest absolute Gasteiger partial charge is 0.265 e. The molecule has 0 aromatic heterocycles. The van der Waals surface area contributed by atoms with Crippen molar-refractivity contribution < 1.29 is 36.6 Å². The van der Waals surface area contributed by atoms with Crippen molar-refractivity contribution in [2.75, 3.05) is 32.2 Å². The van der Waals surface area contributed by atoms with Crippen LogP contribution in [0.15, 0.2) is 65.6 Å². The quantitative estimate of drug-likeness (QED) is 0.269. The molecule has 0 spiro atoms. The number of nitrogens with one attached hydrogen (secondary N) is 1. The third-order valence-corrected chi connectivity index (χ3v) is 9.76. The van der Waals surface area contributed by atoms with Crippen LogP contribution in [-0.4, -0.2) is 65.1 Å². The van der Waals surface area contributed by atoms with Gasteiger partial charge >= 0.3 is 0 Å². The van der Waals surface area contributed by atoms with Gasteiger partial charge in [0.15, 0.2) is 11.5 Å². The van der Waals surface area contributed by atoms with Gasteiger partial charge in [-0.3, -0.25) is 13.9 Å². The normalized spacial score (nSPS) is 14.0. The monoisotopic (exact) mass is 661 g/mol. The van der Waals surface area contributed by atoms with Gasteiger partial charge in [0.1, 0.15) is 24.2 Å². The molecule has 1 aliphatic carbocycles. The van der Waals surface area contributed by atoms with Crippen LogP contribution in [0.5, 0.6) is 17.2 Å². The van der Waals surface area contributed by atoms with Crippen molar-refractivity contribution in [2.24, 2.45) is 0 Å². The number of nitrogens with zero attached hydrogens (tertiary/aromatic N) is 2. The van der Waals surface area contributed by atoms with Crippen LogP contribution in [0.3, 0.4) is 0 Å². The van der Waals surface area contributed by atoms with Crippen molar-refractivity contribution in [3.05, 3.63) is 77.1 Å². The lowest BCUT2D eigenvalue weighted by Crippen LogP contribution is -2.52. The highest BCUT2D eigenvalue weighted by Crippen LogP contribution is 2.37. The number of anilines is 1. The van der Waals surface area contributed by atoms with Crippen LogP contribution >= 0.6 is 11.6 Å². The largest absolute Gasteiger partial charge is 0.495 e. The van der Waals surface area contributed by atoms with Gasteiger partial charge in [0.2, 0.25) is 11.8 Å². The lowest BCUT2D eigenvalue weighted by Gasteiger charge is -2.33. The standard InChI is InChI=1S/C32H37ClFN3O7S/c1-21(32(39)35-25-7-5-6-8-25)36(19-22-9-12-24(34)13-10-22)31(38)20-37(27-17-23(33)11-15-28(27)42-2)45(40,41)26-14-16-29(43-3)30(18-26)44-4/h9-18,21,25H,5-8,19-20H2,1-4H3,(H,35,39). The van der Waals surface area contributed by atoms with E-state index in [2.05, 4.69) is 5.32 Å². The predicted molar refractivity (Wildman–Crippen MR) is 169 cm³/mol. The van der Waals surface area contributed by atoms with E-state index in [4.69, 9.17) is 25.8 Å². The molecular weight excluding hydrogens is 625 g/mol. The van der Waals surface area contributed by atoms with Crippen molar-refractivity contribution in [1.29, 1.82) is 0 Å². The predicted octanol–water partition coefficient (Wildman–Crippen LogP) is 5.18. The van der Waals surface area contributed by atoms with Gasteiger partial charge in [0, 0.05) is 23.7 Å².